The number of aliphatic hydroxyl groups excluding tert-OH is 3. The van der Waals surface area contributed by atoms with Gasteiger partial charge in [0, 0.05) is 18.8 Å². The first kappa shape index (κ1) is 16.8. The van der Waals surface area contributed by atoms with Crippen molar-refractivity contribution in [3.8, 4) is 0 Å². The van der Waals surface area contributed by atoms with Crippen molar-refractivity contribution in [2.45, 2.75) is 69.6 Å². The zero-order valence-corrected chi connectivity index (χ0v) is 12.2. The fourth-order valence-corrected chi connectivity index (χ4v) is 3.27. The predicted molar refractivity (Wildman–Crippen MR) is 72.7 cm³/mol. The molecule has 2 rings (SSSR count). The van der Waals surface area contributed by atoms with Gasteiger partial charge in [-0.3, -0.25) is 0 Å². The largest absolute Gasteiger partial charge is 0.392 e. The van der Waals surface area contributed by atoms with Crippen molar-refractivity contribution in [1.82, 2.24) is 0 Å². The van der Waals surface area contributed by atoms with Gasteiger partial charge in [0.05, 0.1) is 12.2 Å². The van der Waals surface area contributed by atoms with Crippen LogP contribution in [-0.2, 0) is 4.74 Å². The molecule has 2 fully saturated rings. The average Bonchev–Trinajstić information content (AvgIpc) is 2.88. The van der Waals surface area contributed by atoms with Gasteiger partial charge < -0.3 is 20.1 Å². The van der Waals surface area contributed by atoms with Gasteiger partial charge in [-0.25, -0.2) is 0 Å². The van der Waals surface area contributed by atoms with Crippen LogP contribution in [0.2, 0.25) is 0 Å². The molecular weight excluding hydrogens is 282 g/mol. The first-order valence-electron chi connectivity index (χ1n) is 7.62. The highest BCUT2D eigenvalue weighted by Gasteiger charge is 2.48. The van der Waals surface area contributed by atoms with E-state index in [1.807, 2.05) is 6.92 Å². The Hall–Kier alpha value is -0.560. The van der Waals surface area contributed by atoms with Crippen molar-refractivity contribution in [2.24, 2.45) is 11.8 Å². The van der Waals surface area contributed by atoms with Crippen LogP contribution in [0.5, 0.6) is 0 Å². The molecule has 3 N–H and O–H groups in total. The summed E-state index contributed by atoms with van der Waals surface area (Å²) in [4.78, 5) is 0. The maximum Gasteiger partial charge on any atom is 0.291 e. The van der Waals surface area contributed by atoms with Gasteiger partial charge in [-0.2, -0.15) is 8.78 Å². The standard InChI is InChI=1S/C15H24F2O4/c1-2-3-4-13(19)15(16,17)6-5-9-10-7-14(20)21-12(10)8-11(9)18/h5-6,9-14,18-20H,2-4,7-8H2,1H3/b6-5+/t9-,10-,11-,12+,13?,14?/m1/s1. The third-order valence-electron chi connectivity index (χ3n) is 4.51. The molecule has 1 saturated heterocycles. The van der Waals surface area contributed by atoms with Gasteiger partial charge in [0.15, 0.2) is 6.29 Å². The van der Waals surface area contributed by atoms with Crippen LogP contribution < -0.4 is 0 Å². The molecule has 1 aliphatic carbocycles. The molecule has 122 valence electrons. The lowest BCUT2D eigenvalue weighted by Crippen LogP contribution is -2.32. The molecule has 4 nitrogen and oxygen atoms in total. The van der Waals surface area contributed by atoms with Crippen molar-refractivity contribution in [1.29, 1.82) is 0 Å². The lowest BCUT2D eigenvalue weighted by molar-refractivity contribution is -0.0950. The van der Waals surface area contributed by atoms with Gasteiger partial charge in [-0.15, -0.1) is 0 Å². The van der Waals surface area contributed by atoms with Crippen LogP contribution in [0.4, 0.5) is 8.78 Å². The zero-order chi connectivity index (χ0) is 15.6. The Kier molecular flexibility index (Phi) is 5.35. The molecule has 1 aliphatic heterocycles. The number of aliphatic hydroxyl groups is 3. The highest BCUT2D eigenvalue weighted by Crippen LogP contribution is 2.43. The second-order valence-corrected chi connectivity index (χ2v) is 6.10. The first-order chi connectivity index (χ1) is 9.85. The van der Waals surface area contributed by atoms with Crippen LogP contribution in [0.25, 0.3) is 0 Å². The van der Waals surface area contributed by atoms with E-state index in [9.17, 15) is 24.1 Å². The van der Waals surface area contributed by atoms with E-state index in [1.165, 1.54) is 6.08 Å². The van der Waals surface area contributed by atoms with Gasteiger partial charge in [-0.05, 0) is 18.4 Å². The van der Waals surface area contributed by atoms with E-state index < -0.39 is 30.3 Å². The molecule has 2 aliphatic rings. The van der Waals surface area contributed by atoms with Crippen LogP contribution in [-0.4, -0.2) is 45.8 Å². The van der Waals surface area contributed by atoms with E-state index in [0.29, 0.717) is 25.3 Å². The number of fused-ring (bicyclic) bond motifs is 1. The van der Waals surface area contributed by atoms with E-state index in [1.54, 1.807) is 0 Å². The van der Waals surface area contributed by atoms with Gasteiger partial charge >= 0.3 is 0 Å². The van der Waals surface area contributed by atoms with Gasteiger partial charge in [0.2, 0.25) is 0 Å². The summed E-state index contributed by atoms with van der Waals surface area (Å²) < 4.78 is 32.9. The van der Waals surface area contributed by atoms with Crippen LogP contribution >= 0.6 is 0 Å². The Morgan fingerprint density at radius 3 is 2.71 bits per heavy atom. The van der Waals surface area contributed by atoms with Crippen LogP contribution in [0, 0.1) is 11.8 Å². The number of ether oxygens (including phenoxy) is 1. The van der Waals surface area contributed by atoms with E-state index in [4.69, 9.17) is 4.74 Å². The minimum atomic E-state index is -3.30. The lowest BCUT2D eigenvalue weighted by atomic mass is 9.90. The monoisotopic (exact) mass is 306 g/mol. The number of unbranched alkanes of at least 4 members (excludes halogenated alkanes) is 1. The van der Waals surface area contributed by atoms with Crippen molar-refractivity contribution < 1.29 is 28.8 Å². The Morgan fingerprint density at radius 1 is 1.33 bits per heavy atom. The summed E-state index contributed by atoms with van der Waals surface area (Å²) in [5.41, 5.74) is 0. The Morgan fingerprint density at radius 2 is 2.05 bits per heavy atom. The summed E-state index contributed by atoms with van der Waals surface area (Å²) in [7, 11) is 0. The molecule has 0 amide bonds. The van der Waals surface area contributed by atoms with Gasteiger partial charge in [-0.1, -0.05) is 25.8 Å². The molecule has 6 atom stereocenters. The quantitative estimate of drug-likeness (QED) is 0.655. The highest BCUT2D eigenvalue weighted by molar-refractivity contribution is 5.09. The minimum absolute atomic E-state index is 0.0505. The summed E-state index contributed by atoms with van der Waals surface area (Å²) in [6.07, 6.45) is 0.429. The summed E-state index contributed by atoms with van der Waals surface area (Å²) in [5.74, 6) is -3.91. The number of hydrogen-bond acceptors (Lipinski definition) is 4. The Bertz CT molecular complexity index is 375. The molecule has 0 aromatic heterocycles. The highest BCUT2D eigenvalue weighted by atomic mass is 19.3. The second kappa shape index (κ2) is 6.69. The van der Waals surface area contributed by atoms with Crippen molar-refractivity contribution in [2.75, 3.05) is 0 Å². The van der Waals surface area contributed by atoms with E-state index >= 15 is 0 Å². The average molecular weight is 306 g/mol. The van der Waals surface area contributed by atoms with Crippen molar-refractivity contribution >= 4 is 0 Å². The lowest BCUT2D eigenvalue weighted by Gasteiger charge is -2.21. The van der Waals surface area contributed by atoms with Crippen molar-refractivity contribution in [3.05, 3.63) is 12.2 Å². The Labute approximate surface area is 123 Å². The molecular formula is C15H24F2O4. The molecule has 6 heteroatoms. The summed E-state index contributed by atoms with van der Waals surface area (Å²) in [6, 6.07) is 0. The van der Waals surface area contributed by atoms with Crippen molar-refractivity contribution in [3.63, 3.8) is 0 Å². The predicted octanol–water partition coefficient (Wildman–Crippen LogP) is 1.83. The van der Waals surface area contributed by atoms with Crippen LogP contribution in [0.3, 0.4) is 0 Å². The summed E-state index contributed by atoms with van der Waals surface area (Å²) >= 11 is 0. The molecule has 0 radical (unpaired) electrons. The molecule has 1 heterocycles. The molecule has 0 spiro atoms. The molecule has 0 aromatic carbocycles. The van der Waals surface area contributed by atoms with E-state index in [0.717, 1.165) is 6.42 Å². The van der Waals surface area contributed by atoms with E-state index in [2.05, 4.69) is 0 Å². The number of rotatable bonds is 6. The number of halogens is 2. The molecule has 0 aromatic rings. The maximum atomic E-state index is 13.8. The summed E-state index contributed by atoms with van der Waals surface area (Å²) in [6.45, 7) is 1.88. The van der Waals surface area contributed by atoms with Crippen LogP contribution in [0.15, 0.2) is 12.2 Å². The first-order valence-corrected chi connectivity index (χ1v) is 7.62. The molecule has 0 bridgehead atoms. The molecule has 1 saturated carbocycles. The number of hydrogen-bond donors (Lipinski definition) is 3. The minimum Gasteiger partial charge on any atom is -0.392 e. The topological polar surface area (TPSA) is 69.9 Å². The zero-order valence-electron chi connectivity index (χ0n) is 12.2. The maximum absolute atomic E-state index is 13.8. The third-order valence-corrected chi connectivity index (χ3v) is 4.51. The smallest absolute Gasteiger partial charge is 0.291 e. The molecule has 21 heavy (non-hydrogen) atoms. The molecule has 2 unspecified atom stereocenters. The second-order valence-electron chi connectivity index (χ2n) is 6.10. The van der Waals surface area contributed by atoms with Gasteiger partial charge in [0.25, 0.3) is 5.92 Å². The normalized spacial score (nSPS) is 38.1. The number of alkyl halides is 2. The SMILES string of the molecule is CCCCC(O)C(F)(F)/C=C/[C@@H]1[C@H]2CC(O)O[C@H]2C[C@H]1O. The third kappa shape index (κ3) is 3.80. The van der Waals surface area contributed by atoms with Gasteiger partial charge in [0.1, 0.15) is 6.10 Å². The Balaban J connectivity index is 1.98. The van der Waals surface area contributed by atoms with E-state index in [-0.39, 0.29) is 18.4 Å². The fourth-order valence-electron chi connectivity index (χ4n) is 3.27. The fraction of sp³-hybridized carbons (Fsp3) is 0.867. The summed E-state index contributed by atoms with van der Waals surface area (Å²) in [5, 5.41) is 28.9. The van der Waals surface area contributed by atoms with Crippen LogP contribution in [0.1, 0.15) is 39.0 Å².